The molecule has 1 rings (SSSR count). The second-order valence-corrected chi connectivity index (χ2v) is 7.45. The molecular formula is C12H25N3O2S. The molecule has 0 aromatic heterocycles. The van der Waals surface area contributed by atoms with Crippen LogP contribution in [0, 0.1) is 11.3 Å². The van der Waals surface area contributed by atoms with Crippen LogP contribution in [0.3, 0.4) is 0 Å². The Balaban J connectivity index is 2.88. The Morgan fingerprint density at radius 2 is 1.78 bits per heavy atom. The Bertz CT molecular complexity index is 382. The fourth-order valence-electron chi connectivity index (χ4n) is 2.54. The monoisotopic (exact) mass is 275 g/mol. The van der Waals surface area contributed by atoms with E-state index in [1.165, 1.54) is 0 Å². The van der Waals surface area contributed by atoms with Crippen LogP contribution in [-0.2, 0) is 10.0 Å². The van der Waals surface area contributed by atoms with Gasteiger partial charge in [-0.15, -0.1) is 0 Å². The van der Waals surface area contributed by atoms with Gasteiger partial charge >= 0.3 is 0 Å². The topological polar surface area (TPSA) is 96.0 Å². The van der Waals surface area contributed by atoms with Crippen molar-refractivity contribution in [3.05, 3.63) is 0 Å². The van der Waals surface area contributed by atoms with Crippen LogP contribution in [0.4, 0.5) is 0 Å². The Kier molecular flexibility index (Phi) is 5.16. The van der Waals surface area contributed by atoms with Gasteiger partial charge in [0.1, 0.15) is 5.84 Å². The van der Waals surface area contributed by atoms with Crippen LogP contribution in [-0.4, -0.2) is 25.5 Å². The Morgan fingerprint density at radius 1 is 1.28 bits per heavy atom. The summed E-state index contributed by atoms with van der Waals surface area (Å²) in [6.45, 7) is 3.74. The highest BCUT2D eigenvalue weighted by molar-refractivity contribution is 7.89. The van der Waals surface area contributed by atoms with Crippen LogP contribution in [0.2, 0.25) is 0 Å². The highest BCUT2D eigenvalue weighted by Crippen LogP contribution is 2.28. The van der Waals surface area contributed by atoms with E-state index in [1.807, 2.05) is 13.8 Å². The molecule has 1 aliphatic carbocycles. The van der Waals surface area contributed by atoms with Crippen molar-refractivity contribution in [2.75, 3.05) is 5.75 Å². The second kappa shape index (κ2) is 6.02. The van der Waals surface area contributed by atoms with Gasteiger partial charge in [0.05, 0.1) is 11.3 Å². The summed E-state index contributed by atoms with van der Waals surface area (Å²) in [6.07, 6.45) is 5.29. The second-order valence-electron chi connectivity index (χ2n) is 5.69. The lowest BCUT2D eigenvalue weighted by Crippen LogP contribution is -2.57. The molecule has 0 aromatic rings. The fraction of sp³-hybridized carbons (Fsp3) is 0.917. The number of nitrogens with one attached hydrogen (secondary N) is 2. The van der Waals surface area contributed by atoms with E-state index < -0.39 is 15.6 Å². The molecule has 1 fully saturated rings. The van der Waals surface area contributed by atoms with Crippen LogP contribution in [0.25, 0.3) is 0 Å². The number of rotatable bonds is 5. The van der Waals surface area contributed by atoms with Gasteiger partial charge in [-0.2, -0.15) is 0 Å². The molecular weight excluding hydrogens is 250 g/mol. The average Bonchev–Trinajstić information content (AvgIpc) is 2.41. The molecule has 0 bridgehead atoms. The van der Waals surface area contributed by atoms with Crippen molar-refractivity contribution in [3.8, 4) is 0 Å². The first kappa shape index (κ1) is 15.4. The van der Waals surface area contributed by atoms with E-state index in [4.69, 9.17) is 11.1 Å². The summed E-state index contributed by atoms with van der Waals surface area (Å²) in [6, 6.07) is 0. The van der Waals surface area contributed by atoms with Crippen molar-refractivity contribution in [2.45, 2.75) is 57.9 Å². The summed E-state index contributed by atoms with van der Waals surface area (Å²) in [4.78, 5) is 0. The Morgan fingerprint density at radius 3 is 2.17 bits per heavy atom. The van der Waals surface area contributed by atoms with Crippen molar-refractivity contribution < 1.29 is 8.42 Å². The molecule has 0 saturated heterocycles. The molecule has 0 aliphatic heterocycles. The molecule has 4 N–H and O–H groups in total. The minimum Gasteiger partial charge on any atom is -0.386 e. The third-order valence-electron chi connectivity index (χ3n) is 3.38. The van der Waals surface area contributed by atoms with E-state index in [9.17, 15) is 8.42 Å². The van der Waals surface area contributed by atoms with Gasteiger partial charge in [-0.1, -0.05) is 39.5 Å². The predicted molar refractivity (Wildman–Crippen MR) is 74.1 cm³/mol. The molecule has 1 saturated carbocycles. The summed E-state index contributed by atoms with van der Waals surface area (Å²) < 4.78 is 26.8. The van der Waals surface area contributed by atoms with Crippen LogP contribution in [0.1, 0.15) is 52.4 Å². The zero-order chi connectivity index (χ0) is 13.8. The zero-order valence-electron chi connectivity index (χ0n) is 11.3. The summed E-state index contributed by atoms with van der Waals surface area (Å²) in [7, 11) is -3.37. The van der Waals surface area contributed by atoms with Gasteiger partial charge in [0.15, 0.2) is 0 Å². The minimum atomic E-state index is -3.37. The smallest absolute Gasteiger partial charge is 0.212 e. The molecule has 0 unspecified atom stereocenters. The van der Waals surface area contributed by atoms with Crippen molar-refractivity contribution >= 4 is 15.9 Å². The number of hydrogen-bond acceptors (Lipinski definition) is 3. The van der Waals surface area contributed by atoms with Crippen LogP contribution in [0.15, 0.2) is 0 Å². The SMILES string of the molecule is CC(C)CS(=O)(=O)NC1(C(=N)N)CCCCCC1. The predicted octanol–water partition coefficient (Wildman–Crippen LogP) is 1.59. The third-order valence-corrected chi connectivity index (χ3v) is 5.18. The number of sulfonamides is 1. The third kappa shape index (κ3) is 4.24. The van der Waals surface area contributed by atoms with E-state index in [2.05, 4.69) is 4.72 Å². The first-order valence-electron chi connectivity index (χ1n) is 6.63. The van der Waals surface area contributed by atoms with Gasteiger partial charge < -0.3 is 5.73 Å². The molecule has 106 valence electrons. The van der Waals surface area contributed by atoms with Crippen LogP contribution in [0.5, 0.6) is 0 Å². The Labute approximate surface area is 110 Å². The lowest BCUT2D eigenvalue weighted by atomic mass is 9.90. The number of hydrogen-bond donors (Lipinski definition) is 3. The molecule has 0 heterocycles. The van der Waals surface area contributed by atoms with Gasteiger partial charge in [-0.25, -0.2) is 13.1 Å². The van der Waals surface area contributed by atoms with E-state index in [1.54, 1.807) is 0 Å². The molecule has 5 nitrogen and oxygen atoms in total. The van der Waals surface area contributed by atoms with Gasteiger partial charge in [-0.3, -0.25) is 5.41 Å². The van der Waals surface area contributed by atoms with Crippen LogP contribution < -0.4 is 10.5 Å². The van der Waals surface area contributed by atoms with Crippen molar-refractivity contribution in [1.82, 2.24) is 4.72 Å². The quantitative estimate of drug-likeness (QED) is 0.404. The van der Waals surface area contributed by atoms with Gasteiger partial charge in [0.2, 0.25) is 10.0 Å². The van der Waals surface area contributed by atoms with E-state index in [0.29, 0.717) is 12.8 Å². The summed E-state index contributed by atoms with van der Waals surface area (Å²) >= 11 is 0. The highest BCUT2D eigenvalue weighted by Gasteiger charge is 2.38. The molecule has 1 aliphatic rings. The first-order chi connectivity index (χ1) is 8.27. The van der Waals surface area contributed by atoms with E-state index in [0.717, 1.165) is 25.7 Å². The highest BCUT2D eigenvalue weighted by atomic mass is 32.2. The summed E-state index contributed by atoms with van der Waals surface area (Å²) in [5.41, 5.74) is 4.82. The van der Waals surface area contributed by atoms with Crippen molar-refractivity contribution in [1.29, 1.82) is 5.41 Å². The van der Waals surface area contributed by atoms with Crippen molar-refractivity contribution in [3.63, 3.8) is 0 Å². The standard InChI is InChI=1S/C12H25N3O2S/c1-10(2)9-18(16,17)15-12(11(13)14)7-5-3-4-6-8-12/h10,15H,3-9H2,1-2H3,(H3,13,14). The van der Waals surface area contributed by atoms with Gasteiger partial charge in [0.25, 0.3) is 0 Å². The van der Waals surface area contributed by atoms with Crippen molar-refractivity contribution in [2.24, 2.45) is 11.7 Å². The minimum absolute atomic E-state index is 0.0447. The molecule has 6 heteroatoms. The number of amidine groups is 1. The maximum absolute atomic E-state index is 12.1. The molecule has 0 aromatic carbocycles. The van der Waals surface area contributed by atoms with Gasteiger partial charge in [-0.05, 0) is 18.8 Å². The normalized spacial score (nSPS) is 20.6. The zero-order valence-corrected chi connectivity index (χ0v) is 12.1. The molecule has 0 atom stereocenters. The lowest BCUT2D eigenvalue weighted by molar-refractivity contribution is 0.432. The lowest BCUT2D eigenvalue weighted by Gasteiger charge is -2.32. The molecule has 0 amide bonds. The van der Waals surface area contributed by atoms with E-state index >= 15 is 0 Å². The fourth-order valence-corrected chi connectivity index (χ4v) is 4.41. The summed E-state index contributed by atoms with van der Waals surface area (Å²) in [5.74, 6) is 0.108. The first-order valence-corrected chi connectivity index (χ1v) is 8.29. The molecule has 18 heavy (non-hydrogen) atoms. The largest absolute Gasteiger partial charge is 0.386 e. The van der Waals surface area contributed by atoms with Gasteiger partial charge in [0, 0.05) is 0 Å². The maximum atomic E-state index is 12.1. The Hall–Kier alpha value is -0.620. The average molecular weight is 275 g/mol. The van der Waals surface area contributed by atoms with Crippen LogP contribution >= 0.6 is 0 Å². The van der Waals surface area contributed by atoms with E-state index in [-0.39, 0.29) is 17.5 Å². The molecule has 0 radical (unpaired) electrons. The number of nitrogens with two attached hydrogens (primary N) is 1. The maximum Gasteiger partial charge on any atom is 0.212 e. The molecule has 0 spiro atoms. The summed E-state index contributed by atoms with van der Waals surface area (Å²) in [5, 5.41) is 7.75.